The smallest absolute Gasteiger partial charge is 0.324 e. The number of hydrogen-bond donors (Lipinski definition) is 2. The van der Waals surface area contributed by atoms with Crippen LogP contribution in [-0.2, 0) is 4.79 Å². The van der Waals surface area contributed by atoms with Gasteiger partial charge in [-0.1, -0.05) is 12.1 Å². The van der Waals surface area contributed by atoms with Crippen LogP contribution < -0.4 is 10.1 Å². The van der Waals surface area contributed by atoms with Crippen LogP contribution in [0.1, 0.15) is 37.7 Å². The number of benzene rings is 1. The Hall–Kier alpha value is -1.62. The lowest BCUT2D eigenvalue weighted by Gasteiger charge is -2.26. The van der Waals surface area contributed by atoms with Crippen LogP contribution >= 0.6 is 0 Å². The van der Waals surface area contributed by atoms with Crippen molar-refractivity contribution >= 4 is 5.97 Å². The molecular weight excluding hydrogens is 273 g/mol. The Morgan fingerprint density at radius 3 is 2.86 bits per heavy atom. The second-order valence-electron chi connectivity index (χ2n) is 6.18. The minimum Gasteiger partial charge on any atom is -0.487 e. The summed E-state index contributed by atoms with van der Waals surface area (Å²) in [5, 5.41) is 12.8. The van der Waals surface area contributed by atoms with E-state index in [1.807, 2.05) is 0 Å². The fourth-order valence-electron chi connectivity index (χ4n) is 3.00. The van der Waals surface area contributed by atoms with Gasteiger partial charge in [0.25, 0.3) is 0 Å². The summed E-state index contributed by atoms with van der Waals surface area (Å²) in [5.74, 6) is -0.974. The highest BCUT2D eigenvalue weighted by Crippen LogP contribution is 2.36. The van der Waals surface area contributed by atoms with Gasteiger partial charge in [-0.25, -0.2) is 4.39 Å². The Morgan fingerprint density at radius 1 is 1.43 bits per heavy atom. The van der Waals surface area contributed by atoms with Crippen molar-refractivity contribution in [1.82, 2.24) is 5.32 Å². The molecule has 1 aromatic rings. The zero-order valence-electron chi connectivity index (χ0n) is 12.1. The van der Waals surface area contributed by atoms with Crippen molar-refractivity contribution in [3.63, 3.8) is 0 Å². The zero-order valence-corrected chi connectivity index (χ0v) is 12.1. The topological polar surface area (TPSA) is 58.6 Å². The quantitative estimate of drug-likeness (QED) is 0.876. The van der Waals surface area contributed by atoms with Crippen LogP contribution in [-0.4, -0.2) is 28.8 Å². The van der Waals surface area contributed by atoms with Gasteiger partial charge in [-0.3, -0.25) is 10.1 Å². The fraction of sp³-hybridized carbons (Fsp3) is 0.562. The number of carboxylic acids is 1. The molecule has 1 aromatic carbocycles. The zero-order chi connectivity index (χ0) is 15.0. The van der Waals surface area contributed by atoms with E-state index in [-0.39, 0.29) is 17.7 Å². The van der Waals surface area contributed by atoms with Crippen molar-refractivity contribution in [1.29, 1.82) is 0 Å². The summed E-state index contributed by atoms with van der Waals surface area (Å²) in [6, 6.07) is 5.34. The molecule has 2 aliphatic rings. The monoisotopic (exact) mass is 293 g/mol. The van der Waals surface area contributed by atoms with E-state index in [1.54, 1.807) is 25.1 Å². The molecule has 0 saturated heterocycles. The Labute approximate surface area is 123 Å². The van der Waals surface area contributed by atoms with E-state index in [1.165, 1.54) is 0 Å². The molecular formula is C16H20FNO3. The highest BCUT2D eigenvalue weighted by Gasteiger charge is 2.49. The lowest BCUT2D eigenvalue weighted by Crippen LogP contribution is -2.51. The molecule has 2 saturated carbocycles. The summed E-state index contributed by atoms with van der Waals surface area (Å²) in [4.78, 5) is 11.6. The molecule has 0 aromatic heterocycles. The second-order valence-corrected chi connectivity index (χ2v) is 6.18. The van der Waals surface area contributed by atoms with Gasteiger partial charge in [0.15, 0.2) is 11.6 Å². The van der Waals surface area contributed by atoms with E-state index < -0.39 is 11.5 Å². The first kappa shape index (κ1) is 14.3. The normalized spacial score (nSPS) is 28.6. The average molecular weight is 293 g/mol. The summed E-state index contributed by atoms with van der Waals surface area (Å²) in [6.45, 7) is 1.69. The van der Waals surface area contributed by atoms with E-state index in [0.29, 0.717) is 30.9 Å². The number of rotatable bonds is 5. The number of aliphatic carboxylic acids is 1. The molecule has 5 heteroatoms. The van der Waals surface area contributed by atoms with E-state index in [0.717, 1.165) is 12.8 Å². The van der Waals surface area contributed by atoms with E-state index >= 15 is 0 Å². The molecule has 2 N–H and O–H groups in total. The number of carbonyl (C=O) groups is 1. The van der Waals surface area contributed by atoms with Crippen molar-refractivity contribution in [3.8, 4) is 5.75 Å². The third-order valence-corrected chi connectivity index (χ3v) is 4.39. The summed E-state index contributed by atoms with van der Waals surface area (Å²) >= 11 is 0. The van der Waals surface area contributed by atoms with Gasteiger partial charge >= 0.3 is 5.97 Å². The van der Waals surface area contributed by atoms with Crippen LogP contribution in [0, 0.1) is 12.7 Å². The largest absolute Gasteiger partial charge is 0.487 e. The van der Waals surface area contributed by atoms with Gasteiger partial charge in [0.1, 0.15) is 11.6 Å². The molecule has 21 heavy (non-hydrogen) atoms. The summed E-state index contributed by atoms with van der Waals surface area (Å²) in [5.41, 5.74) is -0.377. The molecule has 0 bridgehead atoms. The number of hydrogen-bond acceptors (Lipinski definition) is 3. The van der Waals surface area contributed by atoms with Crippen molar-refractivity contribution in [2.45, 2.75) is 56.7 Å². The molecule has 0 radical (unpaired) electrons. The van der Waals surface area contributed by atoms with Crippen LogP contribution in [0.2, 0.25) is 0 Å². The molecule has 0 spiro atoms. The summed E-state index contributed by atoms with van der Waals surface area (Å²) in [7, 11) is 0. The summed E-state index contributed by atoms with van der Waals surface area (Å²) in [6.07, 6.45) is 3.34. The molecule has 114 valence electrons. The third-order valence-electron chi connectivity index (χ3n) is 4.39. The minimum absolute atomic E-state index is 0.215. The SMILES string of the molecule is Cc1cccc(OC2CCC(NC3CC3)(C(=O)O)C2)c1F. The van der Waals surface area contributed by atoms with Crippen LogP contribution in [0.3, 0.4) is 0 Å². The first-order chi connectivity index (χ1) is 10.00. The molecule has 3 rings (SSSR count). The van der Waals surface area contributed by atoms with E-state index in [4.69, 9.17) is 4.74 Å². The van der Waals surface area contributed by atoms with E-state index in [9.17, 15) is 14.3 Å². The molecule has 2 unspecified atom stereocenters. The lowest BCUT2D eigenvalue weighted by atomic mass is 9.97. The van der Waals surface area contributed by atoms with Gasteiger partial charge < -0.3 is 9.84 Å². The van der Waals surface area contributed by atoms with Crippen molar-refractivity contribution in [3.05, 3.63) is 29.6 Å². The van der Waals surface area contributed by atoms with Crippen LogP contribution in [0.25, 0.3) is 0 Å². The maximum Gasteiger partial charge on any atom is 0.324 e. The predicted octanol–water partition coefficient (Wildman–Crippen LogP) is 2.64. The maximum atomic E-state index is 14.0. The average Bonchev–Trinajstić information content (AvgIpc) is 3.15. The Balaban J connectivity index is 1.70. The predicted molar refractivity (Wildman–Crippen MR) is 75.9 cm³/mol. The van der Waals surface area contributed by atoms with Gasteiger partial charge in [0, 0.05) is 12.5 Å². The van der Waals surface area contributed by atoms with Crippen LogP contribution in [0.4, 0.5) is 4.39 Å². The minimum atomic E-state index is -0.911. The Morgan fingerprint density at radius 2 is 2.19 bits per heavy atom. The molecule has 0 amide bonds. The highest BCUT2D eigenvalue weighted by atomic mass is 19.1. The van der Waals surface area contributed by atoms with Gasteiger partial charge in [0.2, 0.25) is 0 Å². The Bertz CT molecular complexity index is 558. The van der Waals surface area contributed by atoms with Crippen molar-refractivity contribution < 1.29 is 19.0 Å². The number of aryl methyl sites for hydroxylation is 1. The molecule has 4 nitrogen and oxygen atoms in total. The molecule has 2 aliphatic carbocycles. The Kier molecular flexibility index (Phi) is 3.61. The van der Waals surface area contributed by atoms with Crippen molar-refractivity contribution in [2.75, 3.05) is 0 Å². The van der Waals surface area contributed by atoms with Crippen LogP contribution in [0.15, 0.2) is 18.2 Å². The second kappa shape index (κ2) is 5.30. The van der Waals surface area contributed by atoms with Crippen molar-refractivity contribution in [2.24, 2.45) is 0 Å². The number of carboxylic acid groups (broad SMARTS) is 1. The van der Waals surface area contributed by atoms with Gasteiger partial charge in [-0.15, -0.1) is 0 Å². The van der Waals surface area contributed by atoms with Gasteiger partial charge in [-0.2, -0.15) is 0 Å². The van der Waals surface area contributed by atoms with Gasteiger partial charge in [-0.05, 0) is 44.2 Å². The first-order valence-electron chi connectivity index (χ1n) is 7.43. The molecule has 0 aliphatic heterocycles. The first-order valence-corrected chi connectivity index (χ1v) is 7.43. The fourth-order valence-corrected chi connectivity index (χ4v) is 3.00. The molecule has 2 fully saturated rings. The highest BCUT2D eigenvalue weighted by molar-refractivity contribution is 5.79. The number of nitrogens with one attached hydrogen (secondary N) is 1. The third kappa shape index (κ3) is 2.88. The molecule has 2 atom stereocenters. The molecule has 0 heterocycles. The number of ether oxygens (including phenoxy) is 1. The number of halogens is 1. The maximum absolute atomic E-state index is 14.0. The lowest BCUT2D eigenvalue weighted by molar-refractivity contribution is -0.145. The van der Waals surface area contributed by atoms with Crippen LogP contribution in [0.5, 0.6) is 5.75 Å². The van der Waals surface area contributed by atoms with E-state index in [2.05, 4.69) is 5.32 Å². The van der Waals surface area contributed by atoms with Gasteiger partial charge in [0.05, 0.1) is 0 Å². The standard InChI is InChI=1S/C16H20FNO3/c1-10-3-2-4-13(14(10)17)21-12-7-8-16(9-12,15(19)20)18-11-5-6-11/h2-4,11-12,18H,5-9H2,1H3,(H,19,20). The summed E-state index contributed by atoms with van der Waals surface area (Å²) < 4.78 is 19.7.